The molecular formula is C18H21NO5. The van der Waals surface area contributed by atoms with Crippen molar-refractivity contribution in [2.24, 2.45) is 0 Å². The van der Waals surface area contributed by atoms with Gasteiger partial charge in [-0.1, -0.05) is 6.07 Å². The van der Waals surface area contributed by atoms with E-state index in [1.165, 1.54) is 0 Å². The molecule has 0 atom stereocenters. The summed E-state index contributed by atoms with van der Waals surface area (Å²) < 4.78 is 16.0. The average Bonchev–Trinajstić information content (AvgIpc) is 2.59. The Kier molecular flexibility index (Phi) is 5.52. The number of carboxylic acid groups (broad SMARTS) is 1. The number of nitrogens with one attached hydrogen (secondary N) is 1. The highest BCUT2D eigenvalue weighted by Gasteiger charge is 2.13. The molecule has 0 fully saturated rings. The van der Waals surface area contributed by atoms with E-state index < -0.39 is 5.97 Å². The average molecular weight is 331 g/mol. The number of aromatic carboxylic acids is 1. The van der Waals surface area contributed by atoms with Gasteiger partial charge in [0.25, 0.3) is 0 Å². The van der Waals surface area contributed by atoms with E-state index in [4.69, 9.17) is 14.2 Å². The van der Waals surface area contributed by atoms with E-state index in [0.29, 0.717) is 29.4 Å². The smallest absolute Gasteiger partial charge is 0.336 e. The number of benzene rings is 2. The lowest BCUT2D eigenvalue weighted by atomic mass is 10.1. The molecule has 0 amide bonds. The van der Waals surface area contributed by atoms with E-state index in [9.17, 15) is 9.90 Å². The molecule has 6 heteroatoms. The van der Waals surface area contributed by atoms with Gasteiger partial charge in [-0.15, -0.1) is 0 Å². The predicted octanol–water partition coefficient (Wildman–Crippen LogP) is 3.33. The van der Waals surface area contributed by atoms with Crippen LogP contribution in [0.15, 0.2) is 30.3 Å². The molecule has 24 heavy (non-hydrogen) atoms. The molecule has 2 N–H and O–H groups in total. The molecule has 0 radical (unpaired) electrons. The predicted molar refractivity (Wildman–Crippen MR) is 91.6 cm³/mol. The van der Waals surface area contributed by atoms with E-state index in [0.717, 1.165) is 11.3 Å². The molecule has 0 bridgehead atoms. The number of carbonyl (C=O) groups is 1. The Bertz CT molecular complexity index is 742. The zero-order valence-electron chi connectivity index (χ0n) is 14.2. The van der Waals surface area contributed by atoms with E-state index in [1.807, 2.05) is 12.1 Å². The van der Waals surface area contributed by atoms with Crippen LogP contribution >= 0.6 is 0 Å². The first-order valence-electron chi connectivity index (χ1n) is 7.37. The summed E-state index contributed by atoms with van der Waals surface area (Å²) in [6.07, 6.45) is 0. The van der Waals surface area contributed by atoms with Crippen LogP contribution in [-0.2, 0) is 6.54 Å². The Morgan fingerprint density at radius 2 is 1.67 bits per heavy atom. The van der Waals surface area contributed by atoms with Gasteiger partial charge in [0, 0.05) is 23.9 Å². The van der Waals surface area contributed by atoms with Crippen LogP contribution in [-0.4, -0.2) is 32.4 Å². The molecule has 2 rings (SSSR count). The molecule has 2 aromatic rings. The van der Waals surface area contributed by atoms with Gasteiger partial charge in [0.1, 0.15) is 5.75 Å². The van der Waals surface area contributed by atoms with Crippen molar-refractivity contribution in [2.75, 3.05) is 26.6 Å². The fraction of sp³-hybridized carbons (Fsp3) is 0.278. The van der Waals surface area contributed by atoms with Crippen molar-refractivity contribution in [1.29, 1.82) is 0 Å². The third-order valence-electron chi connectivity index (χ3n) is 3.82. The molecule has 0 aromatic heterocycles. The van der Waals surface area contributed by atoms with E-state index in [1.54, 1.807) is 46.5 Å². The van der Waals surface area contributed by atoms with E-state index >= 15 is 0 Å². The second-order valence-corrected chi connectivity index (χ2v) is 5.16. The summed E-state index contributed by atoms with van der Waals surface area (Å²) in [5.41, 5.74) is 2.59. The fourth-order valence-corrected chi connectivity index (χ4v) is 2.48. The van der Waals surface area contributed by atoms with Crippen LogP contribution in [0.25, 0.3) is 0 Å². The maximum atomic E-state index is 11.2. The minimum Gasteiger partial charge on any atom is -0.496 e. The number of hydrogen-bond donors (Lipinski definition) is 2. The Labute approximate surface area is 141 Å². The largest absolute Gasteiger partial charge is 0.496 e. The molecular weight excluding hydrogens is 310 g/mol. The van der Waals surface area contributed by atoms with Gasteiger partial charge >= 0.3 is 5.97 Å². The van der Waals surface area contributed by atoms with Gasteiger partial charge in [-0.25, -0.2) is 4.79 Å². The summed E-state index contributed by atoms with van der Waals surface area (Å²) in [6.45, 7) is 2.23. The lowest BCUT2D eigenvalue weighted by Gasteiger charge is -2.16. The second-order valence-electron chi connectivity index (χ2n) is 5.16. The maximum absolute atomic E-state index is 11.2. The highest BCUT2D eigenvalue weighted by Crippen LogP contribution is 2.35. The van der Waals surface area contributed by atoms with Crippen LogP contribution in [0.5, 0.6) is 17.2 Å². The first-order chi connectivity index (χ1) is 11.5. The van der Waals surface area contributed by atoms with Gasteiger partial charge in [0.05, 0.1) is 26.9 Å². The molecule has 0 heterocycles. The zero-order chi connectivity index (χ0) is 17.7. The first kappa shape index (κ1) is 17.5. The molecule has 0 unspecified atom stereocenters. The minimum atomic E-state index is -0.945. The Hall–Kier alpha value is -2.89. The van der Waals surface area contributed by atoms with Crippen LogP contribution in [0.4, 0.5) is 5.69 Å². The normalized spacial score (nSPS) is 10.2. The number of rotatable bonds is 7. The number of anilines is 1. The summed E-state index contributed by atoms with van der Waals surface area (Å²) in [5, 5.41) is 12.5. The lowest BCUT2D eigenvalue weighted by molar-refractivity contribution is 0.0696. The van der Waals surface area contributed by atoms with Crippen LogP contribution < -0.4 is 19.5 Å². The second kappa shape index (κ2) is 7.59. The zero-order valence-corrected chi connectivity index (χ0v) is 14.2. The Morgan fingerprint density at radius 3 is 2.25 bits per heavy atom. The van der Waals surface area contributed by atoms with Crippen molar-refractivity contribution in [1.82, 2.24) is 0 Å². The lowest BCUT2D eigenvalue weighted by Crippen LogP contribution is -2.07. The van der Waals surface area contributed by atoms with Gasteiger partial charge in [-0.2, -0.15) is 0 Å². The molecule has 0 aliphatic heterocycles. The minimum absolute atomic E-state index is 0.277. The van der Waals surface area contributed by atoms with Gasteiger partial charge in [-0.3, -0.25) is 0 Å². The summed E-state index contributed by atoms with van der Waals surface area (Å²) in [5.74, 6) is 0.903. The highest BCUT2D eigenvalue weighted by molar-refractivity contribution is 5.91. The third-order valence-corrected chi connectivity index (χ3v) is 3.82. The number of ether oxygens (including phenoxy) is 3. The standard InChI is InChI=1S/C18H21NO5/c1-11-13(18(20)21)6-5-7-14(11)19-10-12-8-16(23-3)17(24-4)9-15(12)22-2/h5-9,19H,10H2,1-4H3,(H,20,21). The summed E-state index contributed by atoms with van der Waals surface area (Å²) >= 11 is 0. The highest BCUT2D eigenvalue weighted by atomic mass is 16.5. The van der Waals surface area contributed by atoms with Crippen LogP contribution in [0.2, 0.25) is 0 Å². The summed E-state index contributed by atoms with van der Waals surface area (Å²) in [7, 11) is 4.72. The Morgan fingerprint density at radius 1 is 1.04 bits per heavy atom. The van der Waals surface area contributed by atoms with E-state index in [2.05, 4.69) is 5.32 Å². The van der Waals surface area contributed by atoms with Crippen molar-refractivity contribution in [3.8, 4) is 17.2 Å². The summed E-state index contributed by atoms with van der Waals surface area (Å²) in [4.78, 5) is 11.2. The third kappa shape index (κ3) is 3.53. The number of hydrogen-bond acceptors (Lipinski definition) is 5. The molecule has 0 aliphatic carbocycles. The molecule has 2 aromatic carbocycles. The maximum Gasteiger partial charge on any atom is 0.336 e. The number of carboxylic acids is 1. The van der Waals surface area contributed by atoms with Crippen molar-refractivity contribution < 1.29 is 24.1 Å². The first-order valence-corrected chi connectivity index (χ1v) is 7.37. The quantitative estimate of drug-likeness (QED) is 0.810. The van der Waals surface area contributed by atoms with Crippen molar-refractivity contribution in [3.05, 3.63) is 47.0 Å². The molecule has 128 valence electrons. The van der Waals surface area contributed by atoms with Gasteiger partial charge in [-0.05, 0) is 30.7 Å². The molecule has 0 aliphatic rings. The van der Waals surface area contributed by atoms with Gasteiger partial charge in [0.15, 0.2) is 11.5 Å². The summed E-state index contributed by atoms with van der Waals surface area (Å²) in [6, 6.07) is 8.73. The Balaban J connectivity index is 2.29. The monoisotopic (exact) mass is 331 g/mol. The SMILES string of the molecule is COc1cc(OC)c(OC)cc1CNc1cccc(C(=O)O)c1C. The molecule has 0 saturated heterocycles. The topological polar surface area (TPSA) is 77.0 Å². The molecule has 0 saturated carbocycles. The van der Waals surface area contributed by atoms with Gasteiger partial charge < -0.3 is 24.6 Å². The van der Waals surface area contributed by atoms with E-state index in [-0.39, 0.29) is 5.56 Å². The molecule has 6 nitrogen and oxygen atoms in total. The van der Waals surface area contributed by atoms with Crippen LogP contribution in [0.3, 0.4) is 0 Å². The number of methoxy groups -OCH3 is 3. The van der Waals surface area contributed by atoms with Crippen molar-refractivity contribution in [3.63, 3.8) is 0 Å². The van der Waals surface area contributed by atoms with Gasteiger partial charge in [0.2, 0.25) is 0 Å². The van der Waals surface area contributed by atoms with Crippen LogP contribution in [0.1, 0.15) is 21.5 Å². The molecule has 0 spiro atoms. The fourth-order valence-electron chi connectivity index (χ4n) is 2.48. The van der Waals surface area contributed by atoms with Crippen molar-refractivity contribution in [2.45, 2.75) is 13.5 Å². The van der Waals surface area contributed by atoms with Crippen molar-refractivity contribution >= 4 is 11.7 Å². The van der Waals surface area contributed by atoms with Crippen LogP contribution in [0, 0.1) is 6.92 Å².